The molecule has 1 saturated heterocycles. The van der Waals surface area contributed by atoms with Crippen LogP contribution in [0, 0.1) is 5.82 Å². The van der Waals surface area contributed by atoms with Crippen LogP contribution >= 0.6 is 0 Å². The van der Waals surface area contributed by atoms with Crippen LogP contribution in [0.25, 0.3) is 11.0 Å². The Bertz CT molecular complexity index is 1110. The van der Waals surface area contributed by atoms with E-state index in [1.807, 2.05) is 30.3 Å². The summed E-state index contributed by atoms with van der Waals surface area (Å²) in [6, 6.07) is 13.5. The number of imide groups is 1. The van der Waals surface area contributed by atoms with E-state index in [9.17, 15) is 18.8 Å². The fraction of sp³-hybridized carbons (Fsp3) is 0.227. The van der Waals surface area contributed by atoms with Crippen LogP contribution < -0.4 is 10.6 Å². The molecule has 8 heteroatoms. The predicted molar refractivity (Wildman–Crippen MR) is 107 cm³/mol. The number of hydrogen-bond acceptors (Lipinski definition) is 4. The molecular formula is C22H20FN3O4. The van der Waals surface area contributed by atoms with Gasteiger partial charge in [0.2, 0.25) is 5.91 Å². The van der Waals surface area contributed by atoms with E-state index in [4.69, 9.17) is 4.42 Å². The molecule has 30 heavy (non-hydrogen) atoms. The maximum Gasteiger partial charge on any atom is 0.325 e. The lowest BCUT2D eigenvalue weighted by Crippen LogP contribution is -2.43. The minimum Gasteiger partial charge on any atom is -0.459 e. The summed E-state index contributed by atoms with van der Waals surface area (Å²) in [4.78, 5) is 38.6. The number of amides is 4. The minimum atomic E-state index is -1.37. The molecule has 2 heterocycles. The van der Waals surface area contributed by atoms with E-state index in [0.29, 0.717) is 16.9 Å². The van der Waals surface area contributed by atoms with Crippen molar-refractivity contribution in [2.45, 2.75) is 25.4 Å². The van der Waals surface area contributed by atoms with Crippen molar-refractivity contribution < 1.29 is 23.2 Å². The summed E-state index contributed by atoms with van der Waals surface area (Å²) in [6.45, 7) is 2.84. The first-order valence-electron chi connectivity index (χ1n) is 9.46. The summed E-state index contributed by atoms with van der Waals surface area (Å²) in [7, 11) is 0. The Morgan fingerprint density at radius 2 is 1.90 bits per heavy atom. The van der Waals surface area contributed by atoms with Crippen molar-refractivity contribution in [1.29, 1.82) is 0 Å². The van der Waals surface area contributed by atoms with Crippen molar-refractivity contribution in [2.24, 2.45) is 0 Å². The van der Waals surface area contributed by atoms with Gasteiger partial charge in [0, 0.05) is 5.39 Å². The molecule has 3 aromatic rings. The van der Waals surface area contributed by atoms with Crippen LogP contribution in [0.15, 0.2) is 59.0 Å². The van der Waals surface area contributed by atoms with Crippen LogP contribution in [-0.4, -0.2) is 29.3 Å². The minimum absolute atomic E-state index is 0.431. The molecule has 4 amide bonds. The number of benzene rings is 2. The Kier molecular flexibility index (Phi) is 4.77. The fourth-order valence-electron chi connectivity index (χ4n) is 3.54. The fourth-order valence-corrected chi connectivity index (χ4v) is 3.54. The number of furan rings is 1. The van der Waals surface area contributed by atoms with Crippen LogP contribution in [0.2, 0.25) is 0 Å². The number of carbonyl (C=O) groups is 3. The molecular weight excluding hydrogens is 389 g/mol. The number of halogens is 1. The molecule has 0 radical (unpaired) electrons. The Morgan fingerprint density at radius 3 is 2.60 bits per heavy atom. The van der Waals surface area contributed by atoms with E-state index in [1.165, 1.54) is 31.2 Å². The Morgan fingerprint density at radius 1 is 1.20 bits per heavy atom. The zero-order valence-corrected chi connectivity index (χ0v) is 16.4. The molecule has 2 aromatic carbocycles. The molecule has 2 unspecified atom stereocenters. The third kappa shape index (κ3) is 3.41. The first-order valence-corrected chi connectivity index (χ1v) is 9.46. The summed E-state index contributed by atoms with van der Waals surface area (Å²) >= 11 is 0. The van der Waals surface area contributed by atoms with Gasteiger partial charge in [-0.3, -0.25) is 14.5 Å². The van der Waals surface area contributed by atoms with Crippen LogP contribution in [0.5, 0.6) is 0 Å². The molecule has 0 spiro atoms. The highest BCUT2D eigenvalue weighted by Gasteiger charge is 2.49. The van der Waals surface area contributed by atoms with Gasteiger partial charge in [0.05, 0.1) is 6.04 Å². The summed E-state index contributed by atoms with van der Waals surface area (Å²) in [6.07, 6.45) is 0. The van der Waals surface area contributed by atoms with Crippen LogP contribution in [0.4, 0.5) is 9.18 Å². The first-order chi connectivity index (χ1) is 14.3. The number of rotatable bonds is 5. The standard InChI is InChI=1S/C22H20FN3O4/c1-13(18-11-14-5-3-4-6-17(14)30-18)24-19(27)12-26-20(28)22(2,25-21(26)29)15-7-9-16(23)10-8-15/h3-11,13H,12H2,1-2H3,(H,24,27)(H,25,29). The van der Waals surface area contributed by atoms with Crippen LogP contribution in [-0.2, 0) is 15.1 Å². The Balaban J connectivity index is 1.45. The quantitative estimate of drug-likeness (QED) is 0.633. The van der Waals surface area contributed by atoms with E-state index in [-0.39, 0.29) is 0 Å². The van der Waals surface area contributed by atoms with E-state index in [2.05, 4.69) is 10.6 Å². The number of hydrogen-bond donors (Lipinski definition) is 2. The van der Waals surface area contributed by atoms with Gasteiger partial charge in [0.25, 0.3) is 5.91 Å². The highest BCUT2D eigenvalue weighted by molar-refractivity contribution is 6.09. The number of carbonyl (C=O) groups excluding carboxylic acids is 3. The Hall–Kier alpha value is -3.68. The highest BCUT2D eigenvalue weighted by Crippen LogP contribution is 2.29. The maximum absolute atomic E-state index is 13.2. The molecule has 4 rings (SSSR count). The number of fused-ring (bicyclic) bond motifs is 1. The maximum atomic E-state index is 13.2. The highest BCUT2D eigenvalue weighted by atomic mass is 19.1. The summed E-state index contributed by atoms with van der Waals surface area (Å²) < 4.78 is 18.9. The third-order valence-corrected chi connectivity index (χ3v) is 5.25. The van der Waals surface area contributed by atoms with Crippen LogP contribution in [0.1, 0.15) is 31.2 Å². The lowest BCUT2D eigenvalue weighted by atomic mass is 9.92. The molecule has 7 nitrogen and oxygen atoms in total. The van der Waals surface area contributed by atoms with Gasteiger partial charge in [-0.2, -0.15) is 0 Å². The van der Waals surface area contributed by atoms with Gasteiger partial charge in [0.1, 0.15) is 29.2 Å². The Labute approximate surface area is 171 Å². The van der Waals surface area contributed by atoms with Crippen molar-refractivity contribution in [3.05, 3.63) is 71.7 Å². The van der Waals surface area contributed by atoms with E-state index in [1.54, 1.807) is 6.92 Å². The molecule has 154 valence electrons. The zero-order chi connectivity index (χ0) is 21.5. The molecule has 1 aliphatic rings. The second kappa shape index (κ2) is 7.29. The van der Waals surface area contributed by atoms with Crippen molar-refractivity contribution in [2.75, 3.05) is 6.54 Å². The second-order valence-corrected chi connectivity index (χ2v) is 7.43. The summed E-state index contributed by atoms with van der Waals surface area (Å²) in [5.74, 6) is -0.965. The topological polar surface area (TPSA) is 91.7 Å². The third-order valence-electron chi connectivity index (χ3n) is 5.25. The van der Waals surface area contributed by atoms with E-state index >= 15 is 0 Å². The molecule has 2 atom stereocenters. The number of urea groups is 1. The van der Waals surface area contributed by atoms with E-state index in [0.717, 1.165) is 10.3 Å². The summed E-state index contributed by atoms with van der Waals surface area (Å²) in [5, 5.41) is 6.25. The molecule has 1 aromatic heterocycles. The van der Waals surface area contributed by atoms with Gasteiger partial charge in [-0.1, -0.05) is 30.3 Å². The largest absolute Gasteiger partial charge is 0.459 e. The SMILES string of the molecule is CC(NC(=O)CN1C(=O)NC(C)(c2ccc(F)cc2)C1=O)c1cc2ccccc2o1. The van der Waals surface area contributed by atoms with Crippen molar-refractivity contribution in [1.82, 2.24) is 15.5 Å². The van der Waals surface area contributed by atoms with Crippen LogP contribution in [0.3, 0.4) is 0 Å². The van der Waals surface area contributed by atoms with Gasteiger partial charge in [0.15, 0.2) is 0 Å². The van der Waals surface area contributed by atoms with Gasteiger partial charge >= 0.3 is 6.03 Å². The average Bonchev–Trinajstić information content (AvgIpc) is 3.24. The van der Waals surface area contributed by atoms with Crippen molar-refractivity contribution in [3.8, 4) is 0 Å². The van der Waals surface area contributed by atoms with Gasteiger partial charge in [-0.25, -0.2) is 9.18 Å². The monoisotopic (exact) mass is 409 g/mol. The van der Waals surface area contributed by atoms with Gasteiger partial charge in [-0.15, -0.1) is 0 Å². The zero-order valence-electron chi connectivity index (χ0n) is 16.4. The average molecular weight is 409 g/mol. The van der Waals surface area contributed by atoms with Gasteiger partial charge < -0.3 is 15.1 Å². The molecule has 0 saturated carbocycles. The first kappa shape index (κ1) is 19.6. The van der Waals surface area contributed by atoms with Crippen molar-refractivity contribution in [3.63, 3.8) is 0 Å². The molecule has 0 bridgehead atoms. The summed E-state index contributed by atoms with van der Waals surface area (Å²) in [5.41, 5.74) is -0.228. The van der Waals surface area contributed by atoms with Crippen molar-refractivity contribution >= 4 is 28.8 Å². The lowest BCUT2D eigenvalue weighted by Gasteiger charge is -2.22. The number of para-hydroxylation sites is 1. The van der Waals surface area contributed by atoms with Gasteiger partial charge in [-0.05, 0) is 43.7 Å². The molecule has 1 aliphatic heterocycles. The lowest BCUT2D eigenvalue weighted by molar-refractivity contribution is -0.135. The number of nitrogens with zero attached hydrogens (tertiary/aromatic N) is 1. The smallest absolute Gasteiger partial charge is 0.325 e. The molecule has 1 fully saturated rings. The normalized spacial score (nSPS) is 19.8. The number of nitrogens with one attached hydrogen (secondary N) is 2. The molecule has 0 aliphatic carbocycles. The molecule has 2 N–H and O–H groups in total. The second-order valence-electron chi connectivity index (χ2n) is 7.43. The van der Waals surface area contributed by atoms with E-state index < -0.39 is 41.8 Å². The predicted octanol–water partition coefficient (Wildman–Crippen LogP) is 3.22.